The fourth-order valence-corrected chi connectivity index (χ4v) is 3.50. The summed E-state index contributed by atoms with van der Waals surface area (Å²) in [6.07, 6.45) is 2.21. The number of rotatable bonds is 5. The van der Waals surface area contributed by atoms with E-state index >= 15 is 0 Å². The van der Waals surface area contributed by atoms with Gasteiger partial charge in [-0.05, 0) is 19.1 Å². The van der Waals surface area contributed by atoms with E-state index in [-0.39, 0.29) is 36.8 Å². The van der Waals surface area contributed by atoms with Crippen LogP contribution in [0.4, 0.5) is 11.5 Å². The minimum Gasteiger partial charge on any atom is -0.378 e. The Hall–Kier alpha value is -1.12. The quantitative estimate of drug-likeness (QED) is 0.758. The number of pyridine rings is 1. The summed E-state index contributed by atoms with van der Waals surface area (Å²) in [6, 6.07) is 3.78. The van der Waals surface area contributed by atoms with Gasteiger partial charge in [0.15, 0.2) is 0 Å². The molecule has 0 spiro atoms. The van der Waals surface area contributed by atoms with E-state index in [1.165, 1.54) is 0 Å². The molecule has 1 aromatic heterocycles. The summed E-state index contributed by atoms with van der Waals surface area (Å²) in [6.45, 7) is 9.63. The Kier molecular flexibility index (Phi) is 8.31. The van der Waals surface area contributed by atoms with E-state index in [9.17, 15) is 4.79 Å². The molecule has 1 aromatic rings. The summed E-state index contributed by atoms with van der Waals surface area (Å²) >= 11 is 0. The number of hydrogen-bond donors (Lipinski definition) is 2. The molecule has 2 heterocycles. The molecule has 0 aromatic carbocycles. The predicted octanol–water partition coefficient (Wildman–Crippen LogP) is 2.23. The van der Waals surface area contributed by atoms with Crippen molar-refractivity contribution in [2.45, 2.75) is 38.8 Å². The molecule has 7 nitrogen and oxygen atoms in total. The van der Waals surface area contributed by atoms with Crippen LogP contribution in [0.25, 0.3) is 0 Å². The first-order valence-corrected chi connectivity index (χ1v) is 8.89. The molecule has 27 heavy (non-hydrogen) atoms. The third-order valence-electron chi connectivity index (χ3n) is 5.58. The van der Waals surface area contributed by atoms with E-state index in [1.807, 2.05) is 32.9 Å². The van der Waals surface area contributed by atoms with Crippen LogP contribution in [0.2, 0.25) is 0 Å². The van der Waals surface area contributed by atoms with Gasteiger partial charge in [0, 0.05) is 31.5 Å². The van der Waals surface area contributed by atoms with Crippen LogP contribution in [0, 0.1) is 5.41 Å². The molecule has 154 valence electrons. The number of nitrogens with two attached hydrogens (primary N) is 1. The summed E-state index contributed by atoms with van der Waals surface area (Å²) in [5, 5.41) is 2.91. The minimum absolute atomic E-state index is 0. The maximum atomic E-state index is 12.7. The van der Waals surface area contributed by atoms with Gasteiger partial charge in [-0.1, -0.05) is 13.8 Å². The number of nitrogens with one attached hydrogen (secondary N) is 1. The van der Waals surface area contributed by atoms with Crippen molar-refractivity contribution in [3.8, 4) is 0 Å². The minimum atomic E-state index is -0.935. The Morgan fingerprint density at radius 3 is 2.56 bits per heavy atom. The molecule has 2 atom stereocenters. The normalized spacial score (nSPS) is 26.2. The Labute approximate surface area is 173 Å². The summed E-state index contributed by atoms with van der Waals surface area (Å²) in [4.78, 5) is 19.3. The third-order valence-corrected chi connectivity index (χ3v) is 5.58. The molecule has 3 N–H and O–H groups in total. The average Bonchev–Trinajstić information content (AvgIpc) is 2.62. The molecular formula is C18H30Cl2N4O3. The average molecular weight is 421 g/mol. The highest BCUT2D eigenvalue weighted by molar-refractivity contribution is 5.99. The van der Waals surface area contributed by atoms with E-state index in [4.69, 9.17) is 15.2 Å². The summed E-state index contributed by atoms with van der Waals surface area (Å²) < 4.78 is 11.0. The van der Waals surface area contributed by atoms with Crippen LogP contribution in [0.15, 0.2) is 18.3 Å². The number of amides is 1. The van der Waals surface area contributed by atoms with Crippen LogP contribution in [0.3, 0.4) is 0 Å². The van der Waals surface area contributed by atoms with Crippen molar-refractivity contribution >= 4 is 42.2 Å². The molecule has 2 fully saturated rings. The monoisotopic (exact) mass is 420 g/mol. The van der Waals surface area contributed by atoms with Gasteiger partial charge in [-0.2, -0.15) is 0 Å². The van der Waals surface area contributed by atoms with Crippen LogP contribution in [-0.4, -0.2) is 55.4 Å². The lowest BCUT2D eigenvalue weighted by atomic mass is 9.54. The van der Waals surface area contributed by atoms with Gasteiger partial charge in [-0.15, -0.1) is 24.8 Å². The second-order valence-corrected chi connectivity index (χ2v) is 7.30. The fraction of sp³-hybridized carbons (Fsp3) is 0.667. The first kappa shape index (κ1) is 23.9. The third kappa shape index (κ3) is 4.49. The van der Waals surface area contributed by atoms with Crippen molar-refractivity contribution < 1.29 is 14.3 Å². The fourth-order valence-electron chi connectivity index (χ4n) is 3.50. The maximum Gasteiger partial charge on any atom is 0.245 e. The maximum absolute atomic E-state index is 12.7. The van der Waals surface area contributed by atoms with Gasteiger partial charge in [0.25, 0.3) is 0 Å². The molecule has 0 radical (unpaired) electrons. The standard InChI is InChI=1S/C18H28N4O3.2ClH/c1-4-25-14-11-18(19,17(14,2)3)16(23)21-13-5-6-15(20-12-13)22-7-9-24-10-8-22;;/h5-6,12,14H,4,7-11,19H2,1-3H3,(H,21,23);2*1H. The number of hydrogen-bond acceptors (Lipinski definition) is 6. The van der Waals surface area contributed by atoms with Gasteiger partial charge < -0.3 is 25.4 Å². The van der Waals surface area contributed by atoms with Crippen LogP contribution < -0.4 is 16.0 Å². The van der Waals surface area contributed by atoms with Crippen molar-refractivity contribution in [3.63, 3.8) is 0 Å². The number of aromatic nitrogens is 1. The van der Waals surface area contributed by atoms with Crippen LogP contribution >= 0.6 is 24.8 Å². The van der Waals surface area contributed by atoms with Crippen LogP contribution in [0.5, 0.6) is 0 Å². The van der Waals surface area contributed by atoms with Gasteiger partial charge in [0.1, 0.15) is 11.4 Å². The van der Waals surface area contributed by atoms with Gasteiger partial charge in [-0.25, -0.2) is 4.98 Å². The molecule has 1 aliphatic carbocycles. The molecule has 1 saturated heterocycles. The molecule has 1 saturated carbocycles. The molecule has 2 aliphatic rings. The molecule has 9 heteroatoms. The molecule has 2 unspecified atom stereocenters. The molecule has 3 rings (SSSR count). The second-order valence-electron chi connectivity index (χ2n) is 7.30. The number of carbonyl (C=O) groups excluding carboxylic acids is 1. The molecule has 1 amide bonds. The summed E-state index contributed by atoms with van der Waals surface area (Å²) in [5.74, 6) is 0.707. The number of anilines is 2. The van der Waals surface area contributed by atoms with Gasteiger partial charge in [0.2, 0.25) is 5.91 Å². The van der Waals surface area contributed by atoms with Gasteiger partial charge in [-0.3, -0.25) is 4.79 Å². The number of carbonyl (C=O) groups is 1. The summed E-state index contributed by atoms with van der Waals surface area (Å²) in [5.41, 5.74) is 5.72. The van der Waals surface area contributed by atoms with Crippen LogP contribution in [-0.2, 0) is 14.3 Å². The second kappa shape index (κ2) is 9.39. The number of nitrogens with zero attached hydrogens (tertiary/aromatic N) is 2. The summed E-state index contributed by atoms with van der Waals surface area (Å²) in [7, 11) is 0. The lowest BCUT2D eigenvalue weighted by Gasteiger charge is -2.57. The lowest BCUT2D eigenvalue weighted by Crippen LogP contribution is -2.74. The van der Waals surface area contributed by atoms with E-state index in [2.05, 4.69) is 15.2 Å². The number of morpholine rings is 1. The van der Waals surface area contributed by atoms with Crippen molar-refractivity contribution in [3.05, 3.63) is 18.3 Å². The zero-order chi connectivity index (χ0) is 18.1. The van der Waals surface area contributed by atoms with Gasteiger partial charge >= 0.3 is 0 Å². The predicted molar refractivity (Wildman–Crippen MR) is 111 cm³/mol. The Bertz CT molecular complexity index is 624. The molecule has 1 aliphatic heterocycles. The Morgan fingerprint density at radius 1 is 1.37 bits per heavy atom. The van der Waals surface area contributed by atoms with Crippen molar-refractivity contribution in [2.75, 3.05) is 43.1 Å². The SMILES string of the molecule is CCOC1CC(N)(C(=O)Nc2ccc(N3CCOCC3)nc2)C1(C)C.Cl.Cl. The lowest BCUT2D eigenvalue weighted by molar-refractivity contribution is -0.166. The van der Waals surface area contributed by atoms with Crippen molar-refractivity contribution in [1.29, 1.82) is 0 Å². The van der Waals surface area contributed by atoms with Crippen LogP contribution in [0.1, 0.15) is 27.2 Å². The number of halogens is 2. The van der Waals surface area contributed by atoms with E-state index in [1.54, 1.807) is 6.20 Å². The first-order chi connectivity index (χ1) is 11.9. The first-order valence-electron chi connectivity index (χ1n) is 8.89. The van der Waals surface area contributed by atoms with Gasteiger partial charge in [0.05, 0.1) is 31.2 Å². The Morgan fingerprint density at radius 2 is 2.04 bits per heavy atom. The zero-order valence-corrected chi connectivity index (χ0v) is 17.7. The number of ether oxygens (including phenoxy) is 2. The largest absolute Gasteiger partial charge is 0.378 e. The molecule has 0 bridgehead atoms. The van der Waals surface area contributed by atoms with E-state index in [0.29, 0.717) is 31.9 Å². The zero-order valence-electron chi connectivity index (χ0n) is 16.1. The Balaban J connectivity index is 0.00000182. The molecular weight excluding hydrogens is 391 g/mol. The van der Waals surface area contributed by atoms with E-state index < -0.39 is 11.0 Å². The highest BCUT2D eigenvalue weighted by Crippen LogP contribution is 2.50. The van der Waals surface area contributed by atoms with Crippen molar-refractivity contribution in [1.82, 2.24) is 4.98 Å². The van der Waals surface area contributed by atoms with E-state index in [0.717, 1.165) is 18.9 Å². The highest BCUT2D eigenvalue weighted by Gasteiger charge is 2.62. The highest BCUT2D eigenvalue weighted by atomic mass is 35.5. The smallest absolute Gasteiger partial charge is 0.245 e. The van der Waals surface area contributed by atoms with Crippen molar-refractivity contribution in [2.24, 2.45) is 11.1 Å². The topological polar surface area (TPSA) is 89.7 Å².